The minimum atomic E-state index is -10.7. The number of aromatic nitrogens is 1. The Labute approximate surface area is 258 Å². The molecule has 0 fully saturated rings. The number of azo groups is 1. The molecule has 0 unspecified atom stereocenters. The largest absolute Gasteiger partial charge is 4.00 e. The van der Waals surface area contributed by atoms with E-state index in [0.29, 0.717) is 5.69 Å². The van der Waals surface area contributed by atoms with Crippen LogP contribution in [0.15, 0.2) is 113 Å². The minimum absolute atomic E-state index is 0. The summed E-state index contributed by atoms with van der Waals surface area (Å²) in [4.78, 5) is 3.34. The maximum Gasteiger partial charge on any atom is 4.00 e. The van der Waals surface area contributed by atoms with Crippen molar-refractivity contribution < 1.29 is 82.1 Å². The number of halogens is 11. The zero-order valence-corrected chi connectivity index (χ0v) is 26.0. The molecule has 0 radical (unpaired) electrons. The molecular formula is C24H17ClF9IN3OsP+2. The summed E-state index contributed by atoms with van der Waals surface area (Å²) in [5, 5.41) is 7.41. The van der Waals surface area contributed by atoms with E-state index in [4.69, 9.17) is 11.6 Å². The molecule has 1 aromatic heterocycles. The molecule has 0 saturated carbocycles. The first-order valence-corrected chi connectivity index (χ1v) is 12.7. The first kappa shape index (κ1) is 37.9. The Bertz CT molecular complexity index is 1300. The molecular weight excluding hydrogens is 885 g/mol. The van der Waals surface area contributed by atoms with Crippen LogP contribution in [0.4, 0.5) is 49.9 Å². The maximum atomic E-state index is 12.5. The summed E-state index contributed by atoms with van der Waals surface area (Å²) < 4.78 is 96.6. The molecule has 3 nitrogen and oxygen atoms in total. The van der Waals surface area contributed by atoms with Crippen molar-refractivity contribution in [2.45, 2.75) is 6.18 Å². The van der Waals surface area contributed by atoms with E-state index in [0.717, 1.165) is 12.1 Å². The van der Waals surface area contributed by atoms with Gasteiger partial charge >= 0.3 is 59.0 Å². The molecule has 0 saturated heterocycles. The van der Waals surface area contributed by atoms with Crippen LogP contribution < -0.4 is 24.0 Å². The zero-order valence-electron chi connectivity index (χ0n) is 19.6. The van der Waals surface area contributed by atoms with Crippen molar-refractivity contribution in [3.05, 3.63) is 114 Å². The van der Waals surface area contributed by atoms with Gasteiger partial charge in [0.2, 0.25) is 0 Å². The van der Waals surface area contributed by atoms with Crippen molar-refractivity contribution >= 4 is 30.9 Å². The van der Waals surface area contributed by atoms with Gasteiger partial charge in [0.25, 0.3) is 0 Å². The molecule has 0 amide bonds. The Morgan fingerprint density at radius 1 is 0.600 bits per heavy atom. The average Bonchev–Trinajstić information content (AvgIpc) is 2.83. The van der Waals surface area contributed by atoms with Crippen LogP contribution in [0.2, 0.25) is 5.02 Å². The summed E-state index contributed by atoms with van der Waals surface area (Å²) in [6.45, 7) is 0. The first-order valence-electron chi connectivity index (χ1n) is 10.3. The molecule has 216 valence electrons. The Kier molecular flexibility index (Phi) is 13.9. The third-order valence-electron chi connectivity index (χ3n) is 4.02. The van der Waals surface area contributed by atoms with Gasteiger partial charge in [-0.15, -0.1) is 10.2 Å². The number of pyridine rings is 1. The number of rotatable bonds is 3. The van der Waals surface area contributed by atoms with Crippen LogP contribution in [-0.4, -0.2) is 4.98 Å². The third-order valence-corrected chi connectivity index (χ3v) is 4.31. The predicted molar refractivity (Wildman–Crippen MR) is 130 cm³/mol. The number of hydrogen-bond acceptors (Lipinski definition) is 3. The van der Waals surface area contributed by atoms with Crippen LogP contribution in [-0.2, 0) is 26.0 Å². The third kappa shape index (κ3) is 17.5. The fraction of sp³-hybridized carbons (Fsp3) is 0.0417. The molecule has 4 rings (SSSR count). The van der Waals surface area contributed by atoms with Crippen molar-refractivity contribution in [1.29, 1.82) is 0 Å². The van der Waals surface area contributed by atoms with E-state index in [1.54, 1.807) is 30.3 Å². The quantitative estimate of drug-likeness (QED) is 0.0877. The van der Waals surface area contributed by atoms with Crippen LogP contribution >= 0.6 is 19.4 Å². The van der Waals surface area contributed by atoms with Crippen molar-refractivity contribution in [2.75, 3.05) is 0 Å². The van der Waals surface area contributed by atoms with Crippen LogP contribution in [0.25, 0.3) is 11.1 Å². The van der Waals surface area contributed by atoms with E-state index >= 15 is 0 Å². The fourth-order valence-corrected chi connectivity index (χ4v) is 2.66. The normalized spacial score (nSPS) is 12.7. The molecule has 4 aromatic rings. The molecule has 16 heteroatoms. The molecule has 0 N–H and O–H groups in total. The van der Waals surface area contributed by atoms with Crippen LogP contribution in [0, 0.1) is 0 Å². The van der Waals surface area contributed by atoms with E-state index in [1.165, 1.54) is 11.1 Å². The molecule has 0 bridgehead atoms. The number of nitrogens with zero attached hydrogens (tertiary/aromatic N) is 3. The number of alkyl halides is 3. The molecule has 3 aromatic carbocycles. The molecule has 1 heterocycles. The second-order valence-corrected chi connectivity index (χ2v) is 9.55. The predicted octanol–water partition coefficient (Wildman–Crippen LogP) is 8.91. The van der Waals surface area contributed by atoms with Gasteiger partial charge in [-0.2, -0.15) is 13.2 Å². The smallest absolute Gasteiger partial charge is 1.00 e. The number of benzene rings is 3. The zero-order chi connectivity index (χ0) is 28.5. The van der Waals surface area contributed by atoms with Gasteiger partial charge in [-0.05, 0) is 35.4 Å². The van der Waals surface area contributed by atoms with E-state index in [9.17, 15) is 38.4 Å². The van der Waals surface area contributed by atoms with E-state index in [-0.39, 0.29) is 54.6 Å². The van der Waals surface area contributed by atoms with Gasteiger partial charge in [0.1, 0.15) is 5.69 Å². The van der Waals surface area contributed by atoms with Crippen molar-refractivity contribution in [3.63, 3.8) is 0 Å². The Morgan fingerprint density at radius 2 is 0.975 bits per heavy atom. The summed E-state index contributed by atoms with van der Waals surface area (Å²) >= 11 is 5.73. The van der Waals surface area contributed by atoms with Gasteiger partial charge in [-0.1, -0.05) is 90.5 Å². The Hall–Kier alpha value is -2.13. The summed E-state index contributed by atoms with van der Waals surface area (Å²) in [5.41, 5.74) is 1.99. The van der Waals surface area contributed by atoms with Gasteiger partial charge in [-0.3, -0.25) is 0 Å². The van der Waals surface area contributed by atoms with Crippen molar-refractivity contribution in [3.8, 4) is 11.1 Å². The SMILES string of the molecule is FC(F)(F)c1ccc(Cl)c(N=Nc2ccccc2)n1.F[P-](F)(F)(F)(F)F.[I-].[Os+4].c1ccc(-c2ccccc2)cc1. The molecule has 0 spiro atoms. The van der Waals surface area contributed by atoms with Crippen molar-refractivity contribution in [1.82, 2.24) is 4.98 Å². The average molecular weight is 902 g/mol. The summed E-state index contributed by atoms with van der Waals surface area (Å²) in [7, 11) is -10.7. The van der Waals surface area contributed by atoms with Gasteiger partial charge in [0, 0.05) is 0 Å². The van der Waals surface area contributed by atoms with Crippen LogP contribution in [0.5, 0.6) is 0 Å². The second-order valence-electron chi connectivity index (χ2n) is 7.23. The van der Waals surface area contributed by atoms with E-state index in [1.807, 2.05) is 12.1 Å². The summed E-state index contributed by atoms with van der Waals surface area (Å²) in [6.07, 6.45) is -4.54. The number of hydrogen-bond donors (Lipinski definition) is 0. The standard InChI is InChI=1S/C12H7ClF3N3.C12H10.F6P.HI.Os/c13-9-6-7-10(12(14,15)16)17-11(9)19-18-8-4-2-1-3-5-8;1-3-7-11(8-4-1)12-9-5-2-6-10-12;1-7(2,3,4,5)6;;/h1-7H;1-10H;;1H;/q;;-1;;+4/p-1. The molecule has 0 aliphatic heterocycles. The maximum absolute atomic E-state index is 12.5. The molecule has 0 atom stereocenters. The Balaban J connectivity index is 0.000000623. The fourth-order valence-electron chi connectivity index (χ4n) is 2.52. The van der Waals surface area contributed by atoms with Gasteiger partial charge in [-0.25, -0.2) is 4.98 Å². The van der Waals surface area contributed by atoms with Crippen LogP contribution in [0.3, 0.4) is 0 Å². The summed E-state index contributed by atoms with van der Waals surface area (Å²) in [5.74, 6) is -0.264. The van der Waals surface area contributed by atoms with Gasteiger partial charge < -0.3 is 24.0 Å². The summed E-state index contributed by atoms with van der Waals surface area (Å²) in [6, 6.07) is 31.2. The molecule has 0 aliphatic carbocycles. The molecule has 0 aliphatic rings. The second kappa shape index (κ2) is 14.7. The Morgan fingerprint density at radius 3 is 1.35 bits per heavy atom. The van der Waals surface area contributed by atoms with Crippen LogP contribution in [0.1, 0.15) is 5.69 Å². The minimum Gasteiger partial charge on any atom is -1.00 e. The van der Waals surface area contributed by atoms with E-state index in [2.05, 4.69) is 63.7 Å². The topological polar surface area (TPSA) is 37.6 Å². The van der Waals surface area contributed by atoms with Crippen molar-refractivity contribution in [2.24, 2.45) is 10.2 Å². The monoisotopic (exact) mass is 903 g/mol. The van der Waals surface area contributed by atoms with E-state index < -0.39 is 19.7 Å². The first-order chi connectivity index (χ1) is 17.4. The van der Waals surface area contributed by atoms with Gasteiger partial charge in [0.05, 0.1) is 10.7 Å². The van der Waals surface area contributed by atoms with Gasteiger partial charge in [0.15, 0.2) is 5.82 Å². The molecule has 40 heavy (non-hydrogen) atoms.